The van der Waals surface area contributed by atoms with Crippen molar-refractivity contribution in [2.24, 2.45) is 0 Å². The Balaban J connectivity index is 2.26. The monoisotopic (exact) mass is 391 g/mol. The van der Waals surface area contributed by atoms with Crippen LogP contribution in [0.2, 0.25) is 15.1 Å². The van der Waals surface area contributed by atoms with Crippen LogP contribution >= 0.6 is 34.8 Å². The Morgan fingerprint density at radius 2 is 1.80 bits per heavy atom. The van der Waals surface area contributed by atoms with Crippen LogP contribution in [0.15, 0.2) is 41.2 Å². The number of hydrogen-bond acceptors (Lipinski definition) is 4. The van der Waals surface area contributed by atoms with Gasteiger partial charge in [-0.2, -0.15) is 5.26 Å². The summed E-state index contributed by atoms with van der Waals surface area (Å²) >= 11 is 17.8. The molecule has 1 aromatic heterocycles. The third-order valence-corrected chi connectivity index (χ3v) is 4.22. The van der Waals surface area contributed by atoms with E-state index in [1.165, 1.54) is 30.3 Å². The molecule has 124 valence electrons. The summed E-state index contributed by atoms with van der Waals surface area (Å²) in [7, 11) is 0. The Morgan fingerprint density at radius 1 is 1.12 bits per heavy atom. The first-order valence-electron chi connectivity index (χ1n) is 6.89. The second kappa shape index (κ2) is 6.77. The van der Waals surface area contributed by atoms with E-state index >= 15 is 0 Å². The fourth-order valence-corrected chi connectivity index (χ4v) is 2.93. The zero-order chi connectivity index (χ0) is 18.1. The van der Waals surface area contributed by atoms with Crippen molar-refractivity contribution in [3.63, 3.8) is 0 Å². The van der Waals surface area contributed by atoms with E-state index < -0.39 is 11.3 Å². The normalized spacial score (nSPS) is 11.9. The van der Waals surface area contributed by atoms with E-state index in [2.05, 4.69) is 9.97 Å². The SMILES string of the molecule is N#C/C(=C(/O)c1ccc(Cl)cc1Cl)c1nc2cc(Cl)ccc2c(=O)[nH]1. The minimum absolute atomic E-state index is 0.0919. The van der Waals surface area contributed by atoms with Crippen LogP contribution in [0.3, 0.4) is 0 Å². The second-order valence-corrected chi connectivity index (χ2v) is 6.32. The molecule has 0 aliphatic heterocycles. The van der Waals surface area contributed by atoms with Crippen molar-refractivity contribution in [2.75, 3.05) is 0 Å². The van der Waals surface area contributed by atoms with Crippen molar-refractivity contribution in [1.29, 1.82) is 5.26 Å². The number of aliphatic hydroxyl groups is 1. The molecule has 25 heavy (non-hydrogen) atoms. The Morgan fingerprint density at radius 3 is 2.48 bits per heavy atom. The first-order valence-corrected chi connectivity index (χ1v) is 8.03. The van der Waals surface area contributed by atoms with E-state index in [9.17, 15) is 15.2 Å². The molecule has 0 bridgehead atoms. The van der Waals surface area contributed by atoms with Gasteiger partial charge in [0.1, 0.15) is 17.4 Å². The molecule has 0 unspecified atom stereocenters. The van der Waals surface area contributed by atoms with E-state index in [0.29, 0.717) is 20.9 Å². The molecule has 2 aromatic carbocycles. The third kappa shape index (κ3) is 3.33. The van der Waals surface area contributed by atoms with Gasteiger partial charge in [-0.15, -0.1) is 0 Å². The average Bonchev–Trinajstić information content (AvgIpc) is 2.55. The number of hydrogen-bond donors (Lipinski definition) is 2. The zero-order valence-electron chi connectivity index (χ0n) is 12.3. The van der Waals surface area contributed by atoms with E-state index in [-0.39, 0.29) is 22.0 Å². The molecule has 0 aliphatic carbocycles. The molecule has 0 atom stereocenters. The van der Waals surface area contributed by atoms with Gasteiger partial charge < -0.3 is 10.1 Å². The topological polar surface area (TPSA) is 89.8 Å². The van der Waals surface area contributed by atoms with Gasteiger partial charge in [0.2, 0.25) is 0 Å². The van der Waals surface area contributed by atoms with Gasteiger partial charge in [0.15, 0.2) is 5.82 Å². The van der Waals surface area contributed by atoms with Crippen LogP contribution in [0.1, 0.15) is 11.4 Å². The maximum Gasteiger partial charge on any atom is 0.259 e. The van der Waals surface area contributed by atoms with Crippen LogP contribution in [-0.4, -0.2) is 15.1 Å². The average molecular weight is 393 g/mol. The number of aromatic nitrogens is 2. The number of nitrogens with one attached hydrogen (secondary N) is 1. The number of aliphatic hydroxyl groups excluding tert-OH is 1. The molecule has 0 fully saturated rings. The number of aromatic amines is 1. The van der Waals surface area contributed by atoms with Crippen LogP contribution in [0.4, 0.5) is 0 Å². The second-order valence-electron chi connectivity index (χ2n) is 5.04. The first kappa shape index (κ1) is 17.3. The number of halogens is 3. The lowest BCUT2D eigenvalue weighted by Crippen LogP contribution is -2.12. The molecular weight excluding hydrogens is 385 g/mol. The van der Waals surface area contributed by atoms with E-state index in [1.54, 1.807) is 6.07 Å². The lowest BCUT2D eigenvalue weighted by molar-refractivity contribution is 0.514. The van der Waals surface area contributed by atoms with E-state index in [0.717, 1.165) is 0 Å². The van der Waals surface area contributed by atoms with Crippen molar-refractivity contribution >= 4 is 57.0 Å². The third-order valence-electron chi connectivity index (χ3n) is 3.44. The Hall–Kier alpha value is -2.52. The number of benzene rings is 2. The first-order chi connectivity index (χ1) is 11.9. The fourth-order valence-electron chi connectivity index (χ4n) is 2.27. The molecule has 0 radical (unpaired) electrons. The predicted octanol–water partition coefficient (Wildman–Crippen LogP) is 4.83. The van der Waals surface area contributed by atoms with E-state index in [4.69, 9.17) is 34.8 Å². The predicted molar refractivity (Wildman–Crippen MR) is 98.9 cm³/mol. The molecule has 0 amide bonds. The summed E-state index contributed by atoms with van der Waals surface area (Å²) < 4.78 is 0. The van der Waals surface area contributed by atoms with Gasteiger partial charge in [-0.3, -0.25) is 4.79 Å². The Bertz CT molecular complexity index is 1130. The number of H-pyrrole nitrogens is 1. The molecule has 2 N–H and O–H groups in total. The summed E-state index contributed by atoms with van der Waals surface area (Å²) in [6.45, 7) is 0. The molecule has 0 saturated heterocycles. The minimum atomic E-state index is -0.459. The number of allylic oxidation sites excluding steroid dienone is 1. The van der Waals surface area contributed by atoms with Crippen LogP contribution < -0.4 is 5.56 Å². The van der Waals surface area contributed by atoms with Gasteiger partial charge >= 0.3 is 0 Å². The molecule has 0 spiro atoms. The Labute approximate surface area is 156 Å². The summed E-state index contributed by atoms with van der Waals surface area (Å²) in [5.74, 6) is -0.514. The minimum Gasteiger partial charge on any atom is -0.506 e. The van der Waals surface area contributed by atoms with Gasteiger partial charge in [0, 0.05) is 15.6 Å². The summed E-state index contributed by atoms with van der Waals surface area (Å²) in [5, 5.41) is 21.2. The van der Waals surface area contributed by atoms with Gasteiger partial charge in [-0.25, -0.2) is 4.98 Å². The van der Waals surface area contributed by atoms with Crippen molar-refractivity contribution in [2.45, 2.75) is 0 Å². The number of nitriles is 1. The highest BCUT2D eigenvalue weighted by atomic mass is 35.5. The molecule has 0 aliphatic rings. The van der Waals surface area contributed by atoms with Crippen molar-refractivity contribution in [3.8, 4) is 6.07 Å². The maximum absolute atomic E-state index is 12.2. The van der Waals surface area contributed by atoms with Crippen LogP contribution in [0.5, 0.6) is 0 Å². The quantitative estimate of drug-likeness (QED) is 0.482. The van der Waals surface area contributed by atoms with Crippen LogP contribution in [0.25, 0.3) is 22.2 Å². The standard InChI is InChI=1S/C17H8Cl3N3O2/c18-8-1-3-10(13(20)5-8)15(24)12(7-21)16-22-14-6-9(19)2-4-11(14)17(25)23-16/h1-6,24H,(H,22,23,25)/b15-12-. The summed E-state index contributed by atoms with van der Waals surface area (Å²) in [4.78, 5) is 18.9. The van der Waals surface area contributed by atoms with Crippen LogP contribution in [-0.2, 0) is 0 Å². The lowest BCUT2D eigenvalue weighted by Gasteiger charge is -2.07. The van der Waals surface area contributed by atoms with Gasteiger partial charge in [-0.1, -0.05) is 34.8 Å². The van der Waals surface area contributed by atoms with Crippen molar-refractivity contribution in [1.82, 2.24) is 9.97 Å². The summed E-state index contributed by atoms with van der Waals surface area (Å²) in [5.41, 5.74) is -0.201. The number of rotatable bonds is 2. The highest BCUT2D eigenvalue weighted by Gasteiger charge is 2.17. The number of nitrogens with zero attached hydrogens (tertiary/aromatic N) is 2. The number of fused-ring (bicyclic) bond motifs is 1. The lowest BCUT2D eigenvalue weighted by atomic mass is 10.1. The highest BCUT2D eigenvalue weighted by molar-refractivity contribution is 6.35. The van der Waals surface area contributed by atoms with Gasteiger partial charge in [0.05, 0.1) is 15.9 Å². The highest BCUT2D eigenvalue weighted by Crippen LogP contribution is 2.30. The molecule has 1 heterocycles. The fraction of sp³-hybridized carbons (Fsp3) is 0. The summed E-state index contributed by atoms with van der Waals surface area (Å²) in [6, 6.07) is 10.8. The smallest absolute Gasteiger partial charge is 0.259 e. The molecule has 5 nitrogen and oxygen atoms in total. The van der Waals surface area contributed by atoms with Gasteiger partial charge in [-0.05, 0) is 36.4 Å². The maximum atomic E-state index is 12.2. The Kier molecular flexibility index (Phi) is 4.69. The zero-order valence-corrected chi connectivity index (χ0v) is 14.6. The van der Waals surface area contributed by atoms with Crippen LogP contribution in [0, 0.1) is 11.3 Å². The molecule has 3 rings (SSSR count). The summed E-state index contributed by atoms with van der Waals surface area (Å²) in [6.07, 6.45) is 0. The van der Waals surface area contributed by atoms with E-state index in [1.807, 2.05) is 6.07 Å². The molecular formula is C17H8Cl3N3O2. The van der Waals surface area contributed by atoms with Crippen molar-refractivity contribution < 1.29 is 5.11 Å². The van der Waals surface area contributed by atoms with Crippen molar-refractivity contribution in [3.05, 3.63) is 73.2 Å². The molecule has 8 heteroatoms. The largest absolute Gasteiger partial charge is 0.506 e. The van der Waals surface area contributed by atoms with Gasteiger partial charge in [0.25, 0.3) is 5.56 Å². The molecule has 3 aromatic rings. The molecule has 0 saturated carbocycles.